The molecule has 1 aromatic rings. The van der Waals surface area contributed by atoms with Crippen LogP contribution in [0.1, 0.15) is 35.6 Å². The van der Waals surface area contributed by atoms with Gasteiger partial charge in [-0.15, -0.1) is 0 Å². The Morgan fingerprint density at radius 1 is 1.00 bits per heavy atom. The summed E-state index contributed by atoms with van der Waals surface area (Å²) in [5.74, 6) is 0.724. The van der Waals surface area contributed by atoms with Gasteiger partial charge in [0, 0.05) is 6.54 Å². The van der Waals surface area contributed by atoms with Crippen molar-refractivity contribution >= 4 is 0 Å². The Balaban J connectivity index is 2.51. The van der Waals surface area contributed by atoms with Crippen LogP contribution in [-0.2, 0) is 6.54 Å². The maximum absolute atomic E-state index is 3.59. The molecule has 0 fully saturated rings. The van der Waals surface area contributed by atoms with Crippen LogP contribution in [0.15, 0.2) is 12.1 Å². The molecule has 2 heteroatoms. The monoisotopic (exact) mass is 248 g/mol. The molecule has 0 aliphatic carbocycles. The minimum atomic E-state index is 0.724. The number of benzene rings is 1. The van der Waals surface area contributed by atoms with Crippen LogP contribution in [0.5, 0.6) is 0 Å². The van der Waals surface area contributed by atoms with Crippen molar-refractivity contribution in [3.05, 3.63) is 34.4 Å². The van der Waals surface area contributed by atoms with Gasteiger partial charge in [0.05, 0.1) is 0 Å². The van der Waals surface area contributed by atoms with Gasteiger partial charge in [-0.1, -0.05) is 25.5 Å². The van der Waals surface area contributed by atoms with Crippen LogP contribution >= 0.6 is 0 Å². The van der Waals surface area contributed by atoms with Gasteiger partial charge in [0.2, 0.25) is 0 Å². The Morgan fingerprint density at radius 2 is 1.67 bits per heavy atom. The predicted molar refractivity (Wildman–Crippen MR) is 80.1 cm³/mol. The van der Waals surface area contributed by atoms with E-state index >= 15 is 0 Å². The smallest absolute Gasteiger partial charge is 0.0208 e. The summed E-state index contributed by atoms with van der Waals surface area (Å²) in [5.41, 5.74) is 5.60. The highest BCUT2D eigenvalue weighted by molar-refractivity contribution is 5.36. The fourth-order valence-electron chi connectivity index (χ4n) is 2.27. The van der Waals surface area contributed by atoms with E-state index in [9.17, 15) is 0 Å². The average Bonchev–Trinajstić information content (AvgIpc) is 2.34. The Labute approximate surface area is 112 Å². The first-order valence-electron chi connectivity index (χ1n) is 7.00. The van der Waals surface area contributed by atoms with E-state index in [4.69, 9.17) is 0 Å². The third-order valence-electron chi connectivity index (χ3n) is 3.77. The molecule has 2 N–H and O–H groups in total. The molecule has 0 aromatic heterocycles. The van der Waals surface area contributed by atoms with Crippen molar-refractivity contribution in [3.63, 3.8) is 0 Å². The second-order valence-corrected chi connectivity index (χ2v) is 5.33. The lowest BCUT2D eigenvalue weighted by Gasteiger charge is -2.16. The van der Waals surface area contributed by atoms with Crippen LogP contribution in [0.3, 0.4) is 0 Å². The first-order valence-corrected chi connectivity index (χ1v) is 7.00. The molecule has 1 atom stereocenters. The van der Waals surface area contributed by atoms with Gasteiger partial charge in [0.15, 0.2) is 0 Å². The van der Waals surface area contributed by atoms with E-state index in [0.29, 0.717) is 0 Å². The van der Waals surface area contributed by atoms with Crippen LogP contribution in [-0.4, -0.2) is 20.1 Å². The number of hydrogen-bond acceptors (Lipinski definition) is 2. The molecule has 2 nitrogen and oxygen atoms in total. The minimum Gasteiger partial charge on any atom is -0.319 e. The van der Waals surface area contributed by atoms with E-state index in [1.165, 1.54) is 28.7 Å². The summed E-state index contributed by atoms with van der Waals surface area (Å²) in [4.78, 5) is 0. The van der Waals surface area contributed by atoms with Gasteiger partial charge in [-0.3, -0.25) is 0 Å². The lowest BCUT2D eigenvalue weighted by Crippen LogP contribution is -2.29. The third kappa shape index (κ3) is 4.43. The molecule has 1 rings (SSSR count). The van der Waals surface area contributed by atoms with Gasteiger partial charge >= 0.3 is 0 Å². The lowest BCUT2D eigenvalue weighted by atomic mass is 10.0. The van der Waals surface area contributed by atoms with Crippen molar-refractivity contribution in [2.45, 2.75) is 40.7 Å². The van der Waals surface area contributed by atoms with Gasteiger partial charge in [-0.05, 0) is 69.1 Å². The summed E-state index contributed by atoms with van der Waals surface area (Å²) in [6.45, 7) is 12.0. The van der Waals surface area contributed by atoms with Gasteiger partial charge < -0.3 is 10.6 Å². The van der Waals surface area contributed by atoms with Gasteiger partial charge in [-0.25, -0.2) is 0 Å². The SMILES string of the molecule is CCC(CNC)CNCc1cc(C)c(C)cc1C. The normalized spacial score (nSPS) is 12.7. The highest BCUT2D eigenvalue weighted by atomic mass is 14.9. The Kier molecular flexibility index (Phi) is 6.37. The molecule has 18 heavy (non-hydrogen) atoms. The van der Waals surface area contributed by atoms with Crippen LogP contribution in [0, 0.1) is 26.7 Å². The van der Waals surface area contributed by atoms with Crippen LogP contribution in [0.2, 0.25) is 0 Å². The minimum absolute atomic E-state index is 0.724. The lowest BCUT2D eigenvalue weighted by molar-refractivity contribution is 0.444. The van der Waals surface area contributed by atoms with Crippen LogP contribution in [0.25, 0.3) is 0 Å². The number of rotatable bonds is 7. The van der Waals surface area contributed by atoms with E-state index in [2.05, 4.69) is 50.5 Å². The molecule has 1 aromatic carbocycles. The topological polar surface area (TPSA) is 24.1 Å². The molecule has 0 aliphatic heterocycles. The molecule has 0 amide bonds. The van der Waals surface area contributed by atoms with Crippen molar-refractivity contribution in [1.82, 2.24) is 10.6 Å². The second kappa shape index (κ2) is 7.55. The molecular formula is C16H28N2. The number of nitrogens with one attached hydrogen (secondary N) is 2. The average molecular weight is 248 g/mol. The fraction of sp³-hybridized carbons (Fsp3) is 0.625. The van der Waals surface area contributed by atoms with E-state index in [0.717, 1.165) is 25.6 Å². The highest BCUT2D eigenvalue weighted by Gasteiger charge is 2.06. The molecule has 0 saturated carbocycles. The molecule has 0 aliphatic rings. The first kappa shape index (κ1) is 15.2. The zero-order valence-corrected chi connectivity index (χ0v) is 12.6. The van der Waals surface area contributed by atoms with E-state index in [-0.39, 0.29) is 0 Å². The summed E-state index contributed by atoms with van der Waals surface area (Å²) < 4.78 is 0. The van der Waals surface area contributed by atoms with Gasteiger partial charge in [0.1, 0.15) is 0 Å². The summed E-state index contributed by atoms with van der Waals surface area (Å²) in [6, 6.07) is 4.61. The van der Waals surface area contributed by atoms with Crippen molar-refractivity contribution in [3.8, 4) is 0 Å². The molecular weight excluding hydrogens is 220 g/mol. The van der Waals surface area contributed by atoms with Gasteiger partial charge in [0.25, 0.3) is 0 Å². The zero-order valence-electron chi connectivity index (χ0n) is 12.6. The van der Waals surface area contributed by atoms with Crippen molar-refractivity contribution in [2.75, 3.05) is 20.1 Å². The van der Waals surface area contributed by atoms with Crippen molar-refractivity contribution in [1.29, 1.82) is 0 Å². The molecule has 1 unspecified atom stereocenters. The molecule has 0 saturated heterocycles. The summed E-state index contributed by atoms with van der Waals surface area (Å²) in [7, 11) is 2.02. The Hall–Kier alpha value is -0.860. The quantitative estimate of drug-likeness (QED) is 0.775. The summed E-state index contributed by atoms with van der Waals surface area (Å²) in [6.07, 6.45) is 1.22. The maximum Gasteiger partial charge on any atom is 0.0208 e. The van der Waals surface area contributed by atoms with E-state index in [1.807, 2.05) is 7.05 Å². The summed E-state index contributed by atoms with van der Waals surface area (Å²) in [5, 5.41) is 6.84. The molecule has 0 spiro atoms. The van der Waals surface area contributed by atoms with Gasteiger partial charge in [-0.2, -0.15) is 0 Å². The van der Waals surface area contributed by atoms with Crippen molar-refractivity contribution < 1.29 is 0 Å². The van der Waals surface area contributed by atoms with E-state index < -0.39 is 0 Å². The standard InChI is InChI=1S/C16H28N2/c1-6-15(9-17-5)10-18-11-16-8-13(3)12(2)7-14(16)4/h7-8,15,17-18H,6,9-11H2,1-5H3. The first-order chi connectivity index (χ1) is 8.58. The van der Waals surface area contributed by atoms with E-state index in [1.54, 1.807) is 0 Å². The Morgan fingerprint density at radius 3 is 2.28 bits per heavy atom. The predicted octanol–water partition coefficient (Wildman–Crippen LogP) is 2.95. The Bertz CT molecular complexity index is 372. The third-order valence-corrected chi connectivity index (χ3v) is 3.77. The highest BCUT2D eigenvalue weighted by Crippen LogP contribution is 2.15. The largest absolute Gasteiger partial charge is 0.319 e. The number of aryl methyl sites for hydroxylation is 3. The zero-order chi connectivity index (χ0) is 13.5. The summed E-state index contributed by atoms with van der Waals surface area (Å²) >= 11 is 0. The molecule has 0 radical (unpaired) electrons. The number of hydrogen-bond donors (Lipinski definition) is 2. The second-order valence-electron chi connectivity index (χ2n) is 5.33. The van der Waals surface area contributed by atoms with Crippen molar-refractivity contribution in [2.24, 2.45) is 5.92 Å². The molecule has 0 heterocycles. The van der Waals surface area contributed by atoms with Crippen LogP contribution < -0.4 is 10.6 Å². The maximum atomic E-state index is 3.59. The molecule has 0 bridgehead atoms. The molecule has 102 valence electrons. The fourth-order valence-corrected chi connectivity index (χ4v) is 2.27. The van der Waals surface area contributed by atoms with Crippen LogP contribution in [0.4, 0.5) is 0 Å².